The van der Waals surface area contributed by atoms with Gasteiger partial charge < -0.3 is 10.3 Å². The van der Waals surface area contributed by atoms with Crippen LogP contribution in [0, 0.1) is 20.8 Å². The Balaban J connectivity index is 1.86. The van der Waals surface area contributed by atoms with Crippen molar-refractivity contribution in [2.24, 2.45) is 0 Å². The first kappa shape index (κ1) is 14.4. The van der Waals surface area contributed by atoms with Gasteiger partial charge in [-0.15, -0.1) is 0 Å². The van der Waals surface area contributed by atoms with E-state index in [1.54, 1.807) is 0 Å². The predicted octanol–water partition coefficient (Wildman–Crippen LogP) is 4.27. The van der Waals surface area contributed by atoms with Crippen LogP contribution in [0.1, 0.15) is 22.4 Å². The quantitative estimate of drug-likeness (QED) is 0.743. The van der Waals surface area contributed by atoms with Gasteiger partial charge in [-0.2, -0.15) is 0 Å². The number of aromatic nitrogens is 1. The summed E-state index contributed by atoms with van der Waals surface area (Å²) in [7, 11) is 0. The van der Waals surface area contributed by atoms with Crippen molar-refractivity contribution in [2.45, 2.75) is 27.2 Å². The minimum Gasteiger partial charge on any atom is -0.358 e. The van der Waals surface area contributed by atoms with Gasteiger partial charge in [0, 0.05) is 22.3 Å². The molecule has 0 fully saturated rings. The molecule has 3 nitrogen and oxygen atoms in total. The third kappa shape index (κ3) is 2.62. The molecular formula is C19H20N2O. The molecule has 0 saturated heterocycles. The molecule has 1 heterocycles. The second kappa shape index (κ2) is 5.68. The van der Waals surface area contributed by atoms with E-state index < -0.39 is 0 Å². The third-order valence-electron chi connectivity index (χ3n) is 4.11. The molecule has 0 spiro atoms. The summed E-state index contributed by atoms with van der Waals surface area (Å²) in [5.74, 6) is 0.0188. The van der Waals surface area contributed by atoms with E-state index in [0.29, 0.717) is 6.42 Å². The van der Waals surface area contributed by atoms with Crippen LogP contribution in [0.3, 0.4) is 0 Å². The van der Waals surface area contributed by atoms with Crippen molar-refractivity contribution in [2.75, 3.05) is 5.32 Å². The zero-order valence-electron chi connectivity index (χ0n) is 13.2. The van der Waals surface area contributed by atoms with Crippen LogP contribution >= 0.6 is 0 Å². The average molecular weight is 292 g/mol. The number of hydrogen-bond donors (Lipinski definition) is 2. The molecule has 0 aliphatic rings. The van der Waals surface area contributed by atoms with Gasteiger partial charge >= 0.3 is 0 Å². The minimum atomic E-state index is 0.0188. The molecule has 0 aliphatic carbocycles. The van der Waals surface area contributed by atoms with Crippen molar-refractivity contribution in [1.82, 2.24) is 4.98 Å². The van der Waals surface area contributed by atoms with Crippen LogP contribution in [0.5, 0.6) is 0 Å². The standard InChI is InChI=1S/C19H20N2O/c1-12-7-6-8-13(2)19(12)21-18(22)11-16-14(3)20-17-10-5-4-9-15(16)17/h4-10,20H,11H2,1-3H3,(H,21,22). The maximum atomic E-state index is 12.5. The number of H-pyrrole nitrogens is 1. The van der Waals surface area contributed by atoms with Gasteiger partial charge in [0.25, 0.3) is 0 Å². The molecule has 3 heteroatoms. The van der Waals surface area contributed by atoms with Crippen molar-refractivity contribution in [3.05, 3.63) is 64.8 Å². The van der Waals surface area contributed by atoms with E-state index in [1.807, 2.05) is 57.2 Å². The number of amides is 1. The smallest absolute Gasteiger partial charge is 0.228 e. The molecule has 2 aromatic carbocycles. The van der Waals surface area contributed by atoms with Gasteiger partial charge in [-0.25, -0.2) is 0 Å². The molecule has 0 aliphatic heterocycles. The Morgan fingerprint density at radius 1 is 1.00 bits per heavy atom. The lowest BCUT2D eigenvalue weighted by atomic mass is 10.1. The highest BCUT2D eigenvalue weighted by atomic mass is 16.1. The number of para-hydroxylation sites is 2. The van der Waals surface area contributed by atoms with Crippen LogP contribution in [0.2, 0.25) is 0 Å². The Labute approximate surface area is 130 Å². The molecule has 0 bridgehead atoms. The largest absolute Gasteiger partial charge is 0.358 e. The number of rotatable bonds is 3. The molecule has 1 aromatic heterocycles. The second-order valence-electron chi connectivity index (χ2n) is 5.77. The average Bonchev–Trinajstić information content (AvgIpc) is 2.79. The molecule has 112 valence electrons. The van der Waals surface area contributed by atoms with Crippen LogP contribution in [-0.2, 0) is 11.2 Å². The monoisotopic (exact) mass is 292 g/mol. The summed E-state index contributed by atoms with van der Waals surface area (Å²) in [5, 5.41) is 4.18. The zero-order chi connectivity index (χ0) is 15.7. The molecule has 0 radical (unpaired) electrons. The third-order valence-corrected chi connectivity index (χ3v) is 4.11. The topological polar surface area (TPSA) is 44.9 Å². The van der Waals surface area contributed by atoms with Crippen molar-refractivity contribution in [3.8, 4) is 0 Å². The van der Waals surface area contributed by atoms with Gasteiger partial charge in [0.05, 0.1) is 6.42 Å². The van der Waals surface area contributed by atoms with Crippen molar-refractivity contribution in [1.29, 1.82) is 0 Å². The lowest BCUT2D eigenvalue weighted by molar-refractivity contribution is -0.115. The summed E-state index contributed by atoms with van der Waals surface area (Å²) < 4.78 is 0. The molecule has 0 saturated carbocycles. The number of carbonyl (C=O) groups is 1. The molecule has 2 N–H and O–H groups in total. The lowest BCUT2D eigenvalue weighted by Gasteiger charge is -2.11. The maximum absolute atomic E-state index is 12.5. The minimum absolute atomic E-state index is 0.0188. The van der Waals surface area contributed by atoms with E-state index in [4.69, 9.17) is 0 Å². The van der Waals surface area contributed by atoms with E-state index in [9.17, 15) is 4.79 Å². The highest BCUT2D eigenvalue weighted by Gasteiger charge is 2.13. The summed E-state index contributed by atoms with van der Waals surface area (Å²) in [6.45, 7) is 6.04. The molecule has 1 amide bonds. The summed E-state index contributed by atoms with van der Waals surface area (Å²) in [5.41, 5.74) is 6.30. The molecule has 0 atom stereocenters. The SMILES string of the molecule is Cc1cccc(C)c1NC(=O)Cc1c(C)[nH]c2ccccc12. The van der Waals surface area contributed by atoms with Gasteiger partial charge in [0.15, 0.2) is 0 Å². The van der Waals surface area contributed by atoms with E-state index in [0.717, 1.165) is 39.0 Å². The normalized spacial score (nSPS) is 10.9. The molecular weight excluding hydrogens is 272 g/mol. The number of nitrogens with one attached hydrogen (secondary N) is 2. The Morgan fingerprint density at radius 3 is 2.41 bits per heavy atom. The number of anilines is 1. The van der Waals surface area contributed by atoms with Gasteiger partial charge in [0.1, 0.15) is 0 Å². The number of aryl methyl sites for hydroxylation is 3. The van der Waals surface area contributed by atoms with E-state index in [-0.39, 0.29) is 5.91 Å². The second-order valence-corrected chi connectivity index (χ2v) is 5.77. The highest BCUT2D eigenvalue weighted by molar-refractivity contribution is 5.97. The van der Waals surface area contributed by atoms with Crippen LogP contribution in [-0.4, -0.2) is 10.9 Å². The number of benzene rings is 2. The van der Waals surface area contributed by atoms with Crippen molar-refractivity contribution >= 4 is 22.5 Å². The summed E-state index contributed by atoms with van der Waals surface area (Å²) in [6, 6.07) is 14.1. The molecule has 3 aromatic rings. The van der Waals surface area contributed by atoms with Crippen LogP contribution < -0.4 is 5.32 Å². The fraction of sp³-hybridized carbons (Fsp3) is 0.211. The summed E-state index contributed by atoms with van der Waals surface area (Å²) in [4.78, 5) is 15.8. The molecule has 3 rings (SSSR count). The maximum Gasteiger partial charge on any atom is 0.228 e. The predicted molar refractivity (Wildman–Crippen MR) is 91.3 cm³/mol. The fourth-order valence-corrected chi connectivity index (χ4v) is 2.92. The molecule has 22 heavy (non-hydrogen) atoms. The lowest BCUT2D eigenvalue weighted by Crippen LogP contribution is -2.16. The van der Waals surface area contributed by atoms with Crippen LogP contribution in [0.15, 0.2) is 42.5 Å². The Hall–Kier alpha value is -2.55. The zero-order valence-corrected chi connectivity index (χ0v) is 13.2. The Kier molecular flexibility index (Phi) is 3.72. The fourth-order valence-electron chi connectivity index (χ4n) is 2.92. The van der Waals surface area contributed by atoms with Crippen molar-refractivity contribution in [3.63, 3.8) is 0 Å². The number of hydrogen-bond acceptors (Lipinski definition) is 1. The highest BCUT2D eigenvalue weighted by Crippen LogP contribution is 2.24. The van der Waals surface area contributed by atoms with Gasteiger partial charge in [-0.1, -0.05) is 36.4 Å². The Morgan fingerprint density at radius 2 is 1.68 bits per heavy atom. The number of carbonyl (C=O) groups excluding carboxylic acids is 1. The summed E-state index contributed by atoms with van der Waals surface area (Å²) >= 11 is 0. The van der Waals surface area contributed by atoms with Gasteiger partial charge in [-0.3, -0.25) is 4.79 Å². The van der Waals surface area contributed by atoms with Gasteiger partial charge in [0.2, 0.25) is 5.91 Å². The van der Waals surface area contributed by atoms with Crippen molar-refractivity contribution < 1.29 is 4.79 Å². The van der Waals surface area contributed by atoms with E-state index in [1.165, 1.54) is 0 Å². The number of aromatic amines is 1. The number of fused-ring (bicyclic) bond motifs is 1. The van der Waals surface area contributed by atoms with Crippen LogP contribution in [0.4, 0.5) is 5.69 Å². The van der Waals surface area contributed by atoms with Gasteiger partial charge in [-0.05, 0) is 43.5 Å². The van der Waals surface area contributed by atoms with E-state index in [2.05, 4.69) is 16.4 Å². The molecule has 0 unspecified atom stereocenters. The summed E-state index contributed by atoms with van der Waals surface area (Å²) in [6.07, 6.45) is 0.379. The first-order valence-electron chi connectivity index (χ1n) is 7.48. The van der Waals surface area contributed by atoms with E-state index >= 15 is 0 Å². The first-order chi connectivity index (χ1) is 10.6. The Bertz CT molecular complexity index is 826. The van der Waals surface area contributed by atoms with Crippen LogP contribution in [0.25, 0.3) is 10.9 Å². The first-order valence-corrected chi connectivity index (χ1v) is 7.48.